The van der Waals surface area contributed by atoms with Crippen molar-refractivity contribution in [3.05, 3.63) is 0 Å². The molecule has 0 radical (unpaired) electrons. The van der Waals surface area contributed by atoms with Crippen molar-refractivity contribution in [2.75, 3.05) is 7.11 Å². The Labute approximate surface area is 138 Å². The Morgan fingerprint density at radius 1 is 1.22 bits per heavy atom. The van der Waals surface area contributed by atoms with Crippen LogP contribution >= 0.6 is 0 Å². The van der Waals surface area contributed by atoms with Gasteiger partial charge in [0.15, 0.2) is 0 Å². The number of rotatable bonds is 4. The molecular formula is C17H30N2O4. The summed E-state index contributed by atoms with van der Waals surface area (Å²) in [5.74, 6) is -0.214. The van der Waals surface area contributed by atoms with Crippen molar-refractivity contribution in [3.63, 3.8) is 0 Å². The minimum Gasteiger partial charge on any atom is -0.468 e. The molecule has 0 aliphatic carbocycles. The van der Waals surface area contributed by atoms with Crippen LogP contribution in [0.5, 0.6) is 0 Å². The average Bonchev–Trinajstić information content (AvgIpc) is 2.74. The number of methoxy groups -OCH3 is 1. The van der Waals surface area contributed by atoms with Gasteiger partial charge in [-0.1, -0.05) is 6.92 Å². The van der Waals surface area contributed by atoms with Gasteiger partial charge in [0.1, 0.15) is 11.6 Å². The highest BCUT2D eigenvalue weighted by atomic mass is 16.6. The van der Waals surface area contributed by atoms with Crippen molar-refractivity contribution in [2.45, 2.75) is 89.6 Å². The first kappa shape index (κ1) is 18.0. The van der Waals surface area contributed by atoms with Gasteiger partial charge in [-0.3, -0.25) is 4.79 Å². The van der Waals surface area contributed by atoms with E-state index in [1.165, 1.54) is 7.11 Å². The molecule has 6 nitrogen and oxygen atoms in total. The largest absolute Gasteiger partial charge is 0.468 e. The van der Waals surface area contributed by atoms with Crippen LogP contribution in [0.3, 0.4) is 0 Å². The number of carbonyl (C=O) groups excluding carboxylic acids is 2. The molecule has 6 heteroatoms. The predicted octanol–water partition coefficient (Wildman–Crippen LogP) is 2.46. The Morgan fingerprint density at radius 2 is 1.78 bits per heavy atom. The molecule has 0 aromatic heterocycles. The van der Waals surface area contributed by atoms with Gasteiger partial charge in [-0.15, -0.1) is 0 Å². The van der Waals surface area contributed by atoms with Gasteiger partial charge in [0.05, 0.1) is 7.11 Å². The predicted molar refractivity (Wildman–Crippen MR) is 87.1 cm³/mol. The number of hydrogen-bond acceptors (Lipinski definition) is 5. The van der Waals surface area contributed by atoms with Crippen LogP contribution in [0.25, 0.3) is 0 Å². The molecule has 2 heterocycles. The zero-order valence-corrected chi connectivity index (χ0v) is 14.9. The minimum atomic E-state index is -0.468. The van der Waals surface area contributed by atoms with Gasteiger partial charge in [-0.05, 0) is 52.9 Å². The molecule has 2 aliphatic rings. The van der Waals surface area contributed by atoms with Crippen molar-refractivity contribution in [1.82, 2.24) is 10.2 Å². The van der Waals surface area contributed by atoms with E-state index in [1.807, 2.05) is 32.6 Å². The SMILES string of the molecule is CCC(NC1CC2CCC(C1)N2C(=O)OC(C)(C)C)C(=O)OC. The average molecular weight is 326 g/mol. The highest BCUT2D eigenvalue weighted by Crippen LogP contribution is 2.37. The summed E-state index contributed by atoms with van der Waals surface area (Å²) in [6.45, 7) is 7.65. The first-order valence-electron chi connectivity index (χ1n) is 8.60. The molecule has 1 amide bonds. The fourth-order valence-electron chi connectivity index (χ4n) is 3.71. The molecule has 2 fully saturated rings. The van der Waals surface area contributed by atoms with Crippen LogP contribution in [0, 0.1) is 0 Å². The van der Waals surface area contributed by atoms with Crippen LogP contribution in [-0.2, 0) is 14.3 Å². The van der Waals surface area contributed by atoms with Crippen molar-refractivity contribution < 1.29 is 19.1 Å². The number of amides is 1. The first-order valence-corrected chi connectivity index (χ1v) is 8.60. The number of carbonyl (C=O) groups is 2. The molecule has 0 aromatic rings. The molecule has 0 spiro atoms. The number of nitrogens with zero attached hydrogens (tertiary/aromatic N) is 1. The number of piperidine rings is 1. The van der Waals surface area contributed by atoms with E-state index in [2.05, 4.69) is 5.32 Å². The molecule has 132 valence electrons. The lowest BCUT2D eigenvalue weighted by molar-refractivity contribution is -0.143. The van der Waals surface area contributed by atoms with Crippen molar-refractivity contribution in [1.29, 1.82) is 0 Å². The monoisotopic (exact) mass is 326 g/mol. The highest BCUT2D eigenvalue weighted by molar-refractivity contribution is 5.75. The summed E-state index contributed by atoms with van der Waals surface area (Å²) in [6.07, 6.45) is 4.25. The Bertz CT molecular complexity index is 432. The third-order valence-electron chi connectivity index (χ3n) is 4.67. The topological polar surface area (TPSA) is 67.9 Å². The molecule has 2 rings (SSSR count). The van der Waals surface area contributed by atoms with Gasteiger partial charge < -0.3 is 19.7 Å². The summed E-state index contributed by atoms with van der Waals surface area (Å²) in [6, 6.07) is 0.389. The lowest BCUT2D eigenvalue weighted by Crippen LogP contribution is -2.55. The van der Waals surface area contributed by atoms with Crippen LogP contribution in [0.4, 0.5) is 4.79 Å². The Hall–Kier alpha value is -1.30. The highest BCUT2D eigenvalue weighted by Gasteiger charge is 2.45. The number of fused-ring (bicyclic) bond motifs is 2. The molecule has 1 N–H and O–H groups in total. The van der Waals surface area contributed by atoms with Gasteiger partial charge in [-0.2, -0.15) is 0 Å². The van der Waals surface area contributed by atoms with E-state index in [9.17, 15) is 9.59 Å². The quantitative estimate of drug-likeness (QED) is 0.804. The summed E-state index contributed by atoms with van der Waals surface area (Å²) in [4.78, 5) is 26.1. The fraction of sp³-hybridized carbons (Fsp3) is 0.882. The van der Waals surface area contributed by atoms with Gasteiger partial charge in [0.2, 0.25) is 0 Å². The standard InChI is InChI=1S/C17H30N2O4/c1-6-14(15(20)22-5)18-11-9-12-7-8-13(10-11)19(12)16(21)23-17(2,3)4/h11-14,18H,6-10H2,1-5H3. The Morgan fingerprint density at radius 3 is 2.22 bits per heavy atom. The van der Waals surface area contributed by atoms with E-state index in [0.717, 1.165) is 25.7 Å². The van der Waals surface area contributed by atoms with Gasteiger partial charge >= 0.3 is 12.1 Å². The van der Waals surface area contributed by atoms with Crippen molar-refractivity contribution in [2.24, 2.45) is 0 Å². The van der Waals surface area contributed by atoms with Crippen molar-refractivity contribution in [3.8, 4) is 0 Å². The van der Waals surface area contributed by atoms with E-state index in [0.29, 0.717) is 6.42 Å². The molecule has 0 aromatic carbocycles. The molecular weight excluding hydrogens is 296 g/mol. The zero-order valence-electron chi connectivity index (χ0n) is 14.9. The molecule has 2 bridgehead atoms. The van der Waals surface area contributed by atoms with Crippen LogP contribution < -0.4 is 5.32 Å². The number of ether oxygens (including phenoxy) is 2. The van der Waals surface area contributed by atoms with E-state index >= 15 is 0 Å². The third kappa shape index (κ3) is 4.37. The van der Waals surface area contributed by atoms with E-state index < -0.39 is 5.60 Å². The van der Waals surface area contributed by atoms with Crippen molar-refractivity contribution >= 4 is 12.1 Å². The van der Waals surface area contributed by atoms with Gasteiger partial charge in [0, 0.05) is 18.1 Å². The number of nitrogens with one attached hydrogen (secondary N) is 1. The van der Waals surface area contributed by atoms with E-state index in [1.54, 1.807) is 0 Å². The maximum atomic E-state index is 12.4. The van der Waals surface area contributed by atoms with Crippen LogP contribution in [0.1, 0.15) is 59.8 Å². The zero-order chi connectivity index (χ0) is 17.2. The molecule has 2 aliphatic heterocycles. The van der Waals surface area contributed by atoms with E-state index in [-0.39, 0.29) is 36.2 Å². The summed E-state index contributed by atoms with van der Waals surface area (Å²) in [5.41, 5.74) is -0.468. The molecule has 2 saturated heterocycles. The summed E-state index contributed by atoms with van der Waals surface area (Å²) in [5, 5.41) is 3.41. The second-order valence-electron chi connectivity index (χ2n) is 7.59. The smallest absolute Gasteiger partial charge is 0.410 e. The number of esters is 1. The lowest BCUT2D eigenvalue weighted by atomic mass is 9.96. The minimum absolute atomic E-state index is 0.205. The normalized spacial score (nSPS) is 28.4. The molecule has 3 unspecified atom stereocenters. The molecule has 23 heavy (non-hydrogen) atoms. The maximum absolute atomic E-state index is 12.4. The van der Waals surface area contributed by atoms with Gasteiger partial charge in [0.25, 0.3) is 0 Å². The second kappa shape index (κ2) is 7.07. The summed E-state index contributed by atoms with van der Waals surface area (Å²) in [7, 11) is 1.42. The van der Waals surface area contributed by atoms with Crippen LogP contribution in [0.15, 0.2) is 0 Å². The molecule has 0 saturated carbocycles. The maximum Gasteiger partial charge on any atom is 0.410 e. The first-order chi connectivity index (χ1) is 10.7. The Balaban J connectivity index is 1.96. The van der Waals surface area contributed by atoms with Crippen LogP contribution in [0.2, 0.25) is 0 Å². The Kier molecular flexibility index (Phi) is 5.55. The summed E-state index contributed by atoms with van der Waals surface area (Å²) >= 11 is 0. The fourth-order valence-corrected chi connectivity index (χ4v) is 3.71. The lowest BCUT2D eigenvalue weighted by Gasteiger charge is -2.40. The third-order valence-corrected chi connectivity index (χ3v) is 4.67. The molecule has 3 atom stereocenters. The van der Waals surface area contributed by atoms with Gasteiger partial charge in [-0.25, -0.2) is 4.79 Å². The van der Waals surface area contributed by atoms with Crippen LogP contribution in [-0.4, -0.2) is 53.8 Å². The van der Waals surface area contributed by atoms with E-state index in [4.69, 9.17) is 9.47 Å². The number of hydrogen-bond donors (Lipinski definition) is 1. The summed E-state index contributed by atoms with van der Waals surface area (Å²) < 4.78 is 10.4. The second-order valence-corrected chi connectivity index (χ2v) is 7.59.